The molecule has 1 unspecified atom stereocenters. The Morgan fingerprint density at radius 2 is 1.97 bits per heavy atom. The van der Waals surface area contributed by atoms with E-state index in [1.807, 2.05) is 56.3 Å². The molecule has 0 radical (unpaired) electrons. The second-order valence-corrected chi connectivity index (χ2v) is 10.3. The van der Waals surface area contributed by atoms with E-state index in [1.165, 1.54) is 0 Å². The SMILES string of the molecule is CCOc1ccc(CN(C(=O)Cc2coc3ccc(C)cc23)C2CCS(=O)(=O)C2)cc1. The van der Waals surface area contributed by atoms with E-state index in [0.717, 1.165) is 33.4 Å². The van der Waals surface area contributed by atoms with Crippen molar-refractivity contribution in [3.05, 3.63) is 65.4 Å². The number of benzene rings is 2. The first-order valence-corrected chi connectivity index (χ1v) is 12.3. The lowest BCUT2D eigenvalue weighted by Gasteiger charge is -2.28. The summed E-state index contributed by atoms with van der Waals surface area (Å²) in [5.41, 5.74) is 3.60. The molecule has 1 atom stereocenters. The number of ether oxygens (including phenoxy) is 1. The number of aryl methyl sites for hydroxylation is 1. The van der Waals surface area contributed by atoms with Crippen molar-refractivity contribution in [1.29, 1.82) is 0 Å². The molecule has 7 heteroatoms. The highest BCUT2D eigenvalue weighted by molar-refractivity contribution is 7.91. The summed E-state index contributed by atoms with van der Waals surface area (Å²) in [5, 5.41) is 0.924. The molecule has 0 saturated carbocycles. The second-order valence-electron chi connectivity index (χ2n) is 8.09. The monoisotopic (exact) mass is 441 g/mol. The van der Waals surface area contributed by atoms with Crippen LogP contribution >= 0.6 is 0 Å². The predicted octanol–water partition coefficient (Wildman–Crippen LogP) is 3.90. The van der Waals surface area contributed by atoms with Crippen LogP contribution in [0.25, 0.3) is 11.0 Å². The van der Waals surface area contributed by atoms with Gasteiger partial charge in [0.05, 0.1) is 30.8 Å². The molecule has 1 amide bonds. The summed E-state index contributed by atoms with van der Waals surface area (Å²) in [6.45, 7) is 4.87. The molecule has 3 aromatic rings. The summed E-state index contributed by atoms with van der Waals surface area (Å²) in [5.74, 6) is 0.813. The van der Waals surface area contributed by atoms with E-state index >= 15 is 0 Å². The van der Waals surface area contributed by atoms with Crippen LogP contribution in [0.1, 0.15) is 30.0 Å². The molecule has 1 saturated heterocycles. The summed E-state index contributed by atoms with van der Waals surface area (Å²) in [7, 11) is -3.12. The summed E-state index contributed by atoms with van der Waals surface area (Å²) >= 11 is 0. The summed E-state index contributed by atoms with van der Waals surface area (Å²) < 4.78 is 35.3. The van der Waals surface area contributed by atoms with Crippen LogP contribution < -0.4 is 4.74 Å². The molecule has 4 rings (SSSR count). The van der Waals surface area contributed by atoms with Crippen LogP contribution in [0.5, 0.6) is 5.75 Å². The number of hydrogen-bond acceptors (Lipinski definition) is 5. The minimum absolute atomic E-state index is 0.0149. The Hall–Kier alpha value is -2.80. The quantitative estimate of drug-likeness (QED) is 0.556. The lowest BCUT2D eigenvalue weighted by atomic mass is 10.1. The van der Waals surface area contributed by atoms with Crippen molar-refractivity contribution in [2.24, 2.45) is 0 Å². The Morgan fingerprint density at radius 1 is 1.19 bits per heavy atom. The zero-order valence-electron chi connectivity index (χ0n) is 17.8. The fourth-order valence-electron chi connectivity index (χ4n) is 4.09. The van der Waals surface area contributed by atoms with E-state index in [9.17, 15) is 13.2 Å². The fraction of sp³-hybridized carbons (Fsp3) is 0.375. The van der Waals surface area contributed by atoms with E-state index in [1.54, 1.807) is 11.2 Å². The van der Waals surface area contributed by atoms with Crippen LogP contribution in [0.4, 0.5) is 0 Å². The van der Waals surface area contributed by atoms with Crippen molar-refractivity contribution >= 4 is 26.7 Å². The van der Waals surface area contributed by atoms with E-state index in [2.05, 4.69) is 0 Å². The Labute approximate surface area is 182 Å². The molecule has 164 valence electrons. The first kappa shape index (κ1) is 21.4. The molecule has 0 N–H and O–H groups in total. The van der Waals surface area contributed by atoms with Crippen LogP contribution in [0, 0.1) is 6.92 Å². The highest BCUT2D eigenvalue weighted by Crippen LogP contribution is 2.26. The maximum atomic E-state index is 13.4. The molecule has 0 aliphatic carbocycles. The number of carbonyl (C=O) groups excluding carboxylic acids is 1. The number of carbonyl (C=O) groups is 1. The average molecular weight is 442 g/mol. The number of furan rings is 1. The molecule has 2 aromatic carbocycles. The number of fused-ring (bicyclic) bond motifs is 1. The van der Waals surface area contributed by atoms with Crippen LogP contribution in [0.3, 0.4) is 0 Å². The summed E-state index contributed by atoms with van der Waals surface area (Å²) in [6.07, 6.45) is 2.27. The van der Waals surface area contributed by atoms with Crippen molar-refractivity contribution in [2.75, 3.05) is 18.1 Å². The normalized spacial score (nSPS) is 17.7. The van der Waals surface area contributed by atoms with Crippen molar-refractivity contribution < 1.29 is 22.4 Å². The molecule has 6 nitrogen and oxygen atoms in total. The van der Waals surface area contributed by atoms with Gasteiger partial charge in [-0.3, -0.25) is 4.79 Å². The number of amides is 1. The number of hydrogen-bond donors (Lipinski definition) is 0. The summed E-state index contributed by atoms with van der Waals surface area (Å²) in [6, 6.07) is 13.2. The van der Waals surface area contributed by atoms with Gasteiger partial charge in [-0.15, -0.1) is 0 Å². The minimum Gasteiger partial charge on any atom is -0.494 e. The minimum atomic E-state index is -3.12. The van der Waals surface area contributed by atoms with Crippen molar-refractivity contribution in [1.82, 2.24) is 4.90 Å². The van der Waals surface area contributed by atoms with Gasteiger partial charge in [-0.05, 0) is 50.1 Å². The predicted molar refractivity (Wildman–Crippen MR) is 120 cm³/mol. The van der Waals surface area contributed by atoms with E-state index in [4.69, 9.17) is 9.15 Å². The van der Waals surface area contributed by atoms with Gasteiger partial charge in [0.25, 0.3) is 0 Å². The van der Waals surface area contributed by atoms with Crippen LogP contribution in [0.15, 0.2) is 53.1 Å². The largest absolute Gasteiger partial charge is 0.494 e. The highest BCUT2D eigenvalue weighted by Gasteiger charge is 2.34. The van der Waals surface area contributed by atoms with Gasteiger partial charge >= 0.3 is 0 Å². The molecule has 0 spiro atoms. The van der Waals surface area contributed by atoms with Gasteiger partial charge < -0.3 is 14.1 Å². The van der Waals surface area contributed by atoms with Gasteiger partial charge in [-0.1, -0.05) is 23.8 Å². The molecule has 0 bridgehead atoms. The molecular formula is C24H27NO5S. The smallest absolute Gasteiger partial charge is 0.227 e. The van der Waals surface area contributed by atoms with Gasteiger partial charge in [0, 0.05) is 23.5 Å². The third-order valence-corrected chi connectivity index (χ3v) is 7.46. The van der Waals surface area contributed by atoms with Gasteiger partial charge in [0.2, 0.25) is 5.91 Å². The Bertz CT molecular complexity index is 1180. The number of nitrogens with zero attached hydrogens (tertiary/aromatic N) is 1. The first-order chi connectivity index (χ1) is 14.8. The average Bonchev–Trinajstić information content (AvgIpc) is 3.30. The molecule has 1 aromatic heterocycles. The molecule has 1 aliphatic heterocycles. The standard InChI is InChI=1S/C24H27NO5S/c1-3-29-21-7-5-18(6-8-21)14-25(20-10-11-31(27,28)16-20)24(26)13-19-15-30-23-9-4-17(2)12-22(19)23/h4-9,12,15,20H,3,10-11,13-14,16H2,1-2H3. The zero-order valence-corrected chi connectivity index (χ0v) is 18.7. The zero-order chi connectivity index (χ0) is 22.0. The van der Waals surface area contributed by atoms with Gasteiger partial charge in [0.15, 0.2) is 9.84 Å². The Balaban J connectivity index is 1.58. The maximum absolute atomic E-state index is 13.4. The third-order valence-electron chi connectivity index (χ3n) is 5.71. The lowest BCUT2D eigenvalue weighted by molar-refractivity contribution is -0.133. The van der Waals surface area contributed by atoms with E-state index < -0.39 is 9.84 Å². The molecule has 2 heterocycles. The topological polar surface area (TPSA) is 76.8 Å². The molecule has 1 fully saturated rings. The molecule has 31 heavy (non-hydrogen) atoms. The van der Waals surface area contributed by atoms with Gasteiger partial charge in [-0.25, -0.2) is 8.42 Å². The van der Waals surface area contributed by atoms with Crippen LogP contribution in [0.2, 0.25) is 0 Å². The maximum Gasteiger partial charge on any atom is 0.227 e. The van der Waals surface area contributed by atoms with Crippen molar-refractivity contribution in [3.8, 4) is 5.75 Å². The summed E-state index contributed by atoms with van der Waals surface area (Å²) in [4.78, 5) is 15.1. The molecular weight excluding hydrogens is 414 g/mol. The van der Waals surface area contributed by atoms with Crippen molar-refractivity contribution in [3.63, 3.8) is 0 Å². The number of rotatable bonds is 7. The van der Waals surface area contributed by atoms with E-state index in [-0.39, 0.29) is 29.9 Å². The first-order valence-electron chi connectivity index (χ1n) is 10.5. The lowest BCUT2D eigenvalue weighted by Crippen LogP contribution is -2.41. The van der Waals surface area contributed by atoms with E-state index in [0.29, 0.717) is 19.6 Å². The van der Waals surface area contributed by atoms with Crippen LogP contribution in [-0.2, 0) is 27.6 Å². The third kappa shape index (κ3) is 4.93. The highest BCUT2D eigenvalue weighted by atomic mass is 32.2. The van der Waals surface area contributed by atoms with Gasteiger partial charge in [0.1, 0.15) is 11.3 Å². The Morgan fingerprint density at radius 3 is 2.65 bits per heavy atom. The molecule has 1 aliphatic rings. The van der Waals surface area contributed by atoms with Crippen molar-refractivity contribution in [2.45, 2.75) is 39.3 Å². The fourth-order valence-corrected chi connectivity index (χ4v) is 5.82. The number of sulfone groups is 1. The van der Waals surface area contributed by atoms with Gasteiger partial charge in [-0.2, -0.15) is 0 Å². The second kappa shape index (κ2) is 8.75. The van der Waals surface area contributed by atoms with Crippen LogP contribution in [-0.4, -0.2) is 43.4 Å². The Kier molecular flexibility index (Phi) is 6.05.